The van der Waals surface area contributed by atoms with Crippen molar-refractivity contribution in [3.63, 3.8) is 0 Å². The first-order valence-corrected chi connectivity index (χ1v) is 37.3. The molecule has 6 aromatic rings. The highest BCUT2D eigenvalue weighted by Crippen LogP contribution is 2.65. The summed E-state index contributed by atoms with van der Waals surface area (Å²) >= 11 is 16.9. The van der Waals surface area contributed by atoms with Gasteiger partial charge in [0.05, 0.1) is 25.3 Å². The van der Waals surface area contributed by atoms with E-state index in [4.69, 9.17) is 80.8 Å². The molecule has 6 heterocycles. The number of alkyl halides is 9. The summed E-state index contributed by atoms with van der Waals surface area (Å²) < 4.78 is 68.5. The second-order valence-electron chi connectivity index (χ2n) is 24.3. The summed E-state index contributed by atoms with van der Waals surface area (Å²) in [5.74, 6) is -3.90. The van der Waals surface area contributed by atoms with E-state index in [1.165, 1.54) is 4.90 Å². The van der Waals surface area contributed by atoms with Gasteiger partial charge >= 0.3 is 24.3 Å². The van der Waals surface area contributed by atoms with Crippen LogP contribution in [0.2, 0.25) is 19.6 Å². The Morgan fingerprint density at radius 2 is 1.01 bits per heavy atom. The number of nitrogens with zero attached hydrogens (tertiary/aromatic N) is 10. The van der Waals surface area contributed by atoms with E-state index in [1.807, 2.05) is 36.7 Å². The number of aliphatic carboxylic acids is 2. The number of aliphatic imine (C=N–C) groups is 2. The third-order valence-corrected chi connectivity index (χ3v) is 17.0. The van der Waals surface area contributed by atoms with Crippen LogP contribution in [0.1, 0.15) is 86.3 Å². The fraction of sp³-hybridized carbons (Fsp3) is 0.429. The number of amides is 2. The zero-order valence-electron chi connectivity index (χ0n) is 51.8. The molecule has 2 fully saturated rings. The van der Waals surface area contributed by atoms with Gasteiger partial charge in [0.2, 0.25) is 0 Å². The minimum absolute atomic E-state index is 0.0588. The first-order chi connectivity index (χ1) is 44.0. The van der Waals surface area contributed by atoms with Gasteiger partial charge in [0.15, 0.2) is 27.3 Å². The monoisotopic (exact) mass is 1500 g/mol. The van der Waals surface area contributed by atoms with Crippen LogP contribution in [-0.4, -0.2) is 132 Å². The molecule has 12 rings (SSSR count). The molecule has 8 atom stereocenters. The van der Waals surface area contributed by atoms with Crippen LogP contribution in [0.15, 0.2) is 132 Å². The number of aliphatic hydroxyl groups excluding tert-OH is 1. The summed E-state index contributed by atoms with van der Waals surface area (Å²) in [6.07, 6.45) is 9.57. The number of hydrogen-bond acceptors (Lipinski definition) is 16. The Kier molecular flexibility index (Phi) is 24.1. The quantitative estimate of drug-likeness (QED) is 0.0326. The summed E-state index contributed by atoms with van der Waals surface area (Å²) in [4.78, 5) is 85.7. The third kappa shape index (κ3) is 16.8. The number of rotatable bonds is 7. The zero-order chi connectivity index (χ0) is 69.4. The van der Waals surface area contributed by atoms with Gasteiger partial charge in [-0.25, -0.2) is 39.5 Å². The fourth-order valence-corrected chi connectivity index (χ4v) is 13.2. The second kappa shape index (κ2) is 30.4. The Labute approximate surface area is 567 Å². The highest BCUT2D eigenvalue weighted by molar-refractivity contribution is 14.1. The zero-order valence-corrected chi connectivity index (χ0v) is 57.2. The van der Waals surface area contributed by atoms with Gasteiger partial charge in [-0.1, -0.05) is 105 Å². The number of carboxylic acid groups (broad SMARTS) is 2. The van der Waals surface area contributed by atoms with Crippen molar-refractivity contribution in [2.24, 2.45) is 44.1 Å². The first kappa shape index (κ1) is 74.4. The van der Waals surface area contributed by atoms with E-state index in [-0.39, 0.29) is 60.4 Å². The van der Waals surface area contributed by atoms with Crippen LogP contribution in [0.3, 0.4) is 0 Å². The Bertz CT molecular complexity index is 3680. The van der Waals surface area contributed by atoms with Crippen molar-refractivity contribution in [1.82, 2.24) is 39.7 Å². The molecule has 2 amide bonds. The number of guanidine groups is 2. The smallest absolute Gasteiger partial charge is 0.475 e. The van der Waals surface area contributed by atoms with Crippen molar-refractivity contribution in [1.29, 1.82) is 0 Å². The lowest BCUT2D eigenvalue weighted by Crippen LogP contribution is -2.53. The number of aliphatic hydroxyl groups is 1. The molecule has 0 unspecified atom stereocenters. The number of hydrogen-bond donors (Lipinski definition) is 5. The Morgan fingerprint density at radius 3 is 1.33 bits per heavy atom. The van der Waals surface area contributed by atoms with Crippen molar-refractivity contribution in [3.05, 3.63) is 156 Å². The number of fused-ring (bicyclic) bond motifs is 6. The van der Waals surface area contributed by atoms with Crippen molar-refractivity contribution < 1.29 is 65.6 Å². The predicted molar refractivity (Wildman–Crippen MR) is 352 cm³/mol. The molecule has 4 aliphatic carbocycles. The summed E-state index contributed by atoms with van der Waals surface area (Å²) in [5, 5.41) is 24.8. The van der Waals surface area contributed by atoms with E-state index < -0.39 is 50.7 Å². The van der Waals surface area contributed by atoms with Crippen molar-refractivity contribution in [2.75, 3.05) is 7.11 Å². The number of carbonyl (C=O) groups is 4. The summed E-state index contributed by atoms with van der Waals surface area (Å²) in [6.45, 7) is 11.6. The molecule has 20 nitrogen and oxygen atoms in total. The molecule has 2 saturated carbocycles. The maximum Gasteiger partial charge on any atom is 0.490 e. The van der Waals surface area contributed by atoms with E-state index in [1.54, 1.807) is 61.3 Å². The maximum atomic E-state index is 14.5. The van der Waals surface area contributed by atoms with Crippen LogP contribution in [0, 0.1) is 22.7 Å². The standard InChI is InChI=1S/C28H30N6O2.C27H28N6O2.C3H9ISi.2C2HF3O2.CHCl3/c1-18-14-27(9-8-23(18)36-2)15-20-7-6-19(21-5-3-10-30-16-21)13-22(20)28(27)25(35)34(26(29)33-28)17-24-31-11-4-12-32-24;1-17-13-26(8-7-22(17)34)14-19-6-5-18(20-4-2-9-29-15-20)12-21(19)27(26)24(35)33(25(28)32-27)16-23-30-10-3-11-31-23;1-5(2,3)4;2*3-2(4,5)1(6)7;2-1(3)4/h3-7,10-13,16,18,23H,8-9,14-15,17H2,1-2H3,(H2,29,33);2-6,9-12,15,17,22,34H,7-8,13-14,16H2,1H3,(H2,28,32);1-3H3;2*(H,6,7);1H/t18-,23-,27-,28+;17-,22-,26-,27+;;;;/m00..../s1. The van der Waals surface area contributed by atoms with Gasteiger partial charge in [-0.05, 0) is 144 Å². The molecule has 6 aliphatic rings. The summed E-state index contributed by atoms with van der Waals surface area (Å²) in [5.41, 5.74) is 17.5. The minimum atomic E-state index is -5.08. The molecule has 31 heteroatoms. The van der Waals surface area contributed by atoms with Crippen molar-refractivity contribution in [2.45, 2.75) is 138 Å². The van der Waals surface area contributed by atoms with Crippen molar-refractivity contribution in [3.8, 4) is 22.3 Å². The lowest BCUT2D eigenvalue weighted by Gasteiger charge is -2.47. The Hall–Kier alpha value is -6.96. The summed E-state index contributed by atoms with van der Waals surface area (Å²) in [7, 11) is 1.77. The first-order valence-electron chi connectivity index (χ1n) is 29.4. The van der Waals surface area contributed by atoms with E-state index in [0.717, 1.165) is 76.6 Å². The molecule has 4 aromatic heterocycles. The van der Waals surface area contributed by atoms with E-state index in [0.29, 0.717) is 36.8 Å². The van der Waals surface area contributed by atoms with Crippen LogP contribution in [0.25, 0.3) is 22.3 Å². The number of halogens is 10. The number of methoxy groups -OCH3 is 1. The Balaban J connectivity index is 0.000000200. The normalized spacial score (nSPS) is 24.9. The minimum Gasteiger partial charge on any atom is -0.475 e. The third-order valence-electron chi connectivity index (χ3n) is 17.0. The summed E-state index contributed by atoms with van der Waals surface area (Å²) in [6, 6.07) is 24.1. The molecule has 2 aliphatic heterocycles. The SMILES string of the molecule is CO[C@H]1CC[C@@]2(Cc3ccc(-c4cccnc4)cc3[C@]23N=C(N)N(Cc2ncccn2)C3=O)C[C@@H]1C.C[C@H]1C[C@@]2(CC[C@@H]1O)Cc1ccc(-c3cccnc3)cc1[C@]21N=C(N)N(Cc2ncccn2)C1=O.C[Si](C)(C)I.ClC(Cl)Cl.O=C(O)C(F)(F)F.O=C(O)C(F)(F)F. The van der Waals surface area contributed by atoms with Gasteiger partial charge in [-0.3, -0.25) is 29.4 Å². The van der Waals surface area contributed by atoms with Crippen LogP contribution < -0.4 is 11.5 Å². The largest absolute Gasteiger partial charge is 0.490 e. The molecule has 504 valence electrons. The van der Waals surface area contributed by atoms with Crippen LogP contribution in [0.5, 0.6) is 0 Å². The highest BCUT2D eigenvalue weighted by Gasteiger charge is 2.69. The number of aromatic nitrogens is 6. The molecular weight excluding hydrogens is 1430 g/mol. The molecule has 4 spiro atoms. The fourth-order valence-electron chi connectivity index (χ4n) is 13.2. The highest BCUT2D eigenvalue weighted by atomic mass is 127. The van der Waals surface area contributed by atoms with Gasteiger partial charge < -0.3 is 31.5 Å². The molecule has 0 bridgehead atoms. The number of nitrogens with two attached hydrogens (primary N) is 2. The van der Waals surface area contributed by atoms with Gasteiger partial charge in [0.1, 0.15) is 17.2 Å². The average Bonchev–Trinajstić information content (AvgIpc) is 1.53. The van der Waals surface area contributed by atoms with Gasteiger partial charge in [-0.15, -0.1) is 21.8 Å². The van der Waals surface area contributed by atoms with E-state index in [2.05, 4.69) is 122 Å². The lowest BCUT2D eigenvalue weighted by atomic mass is 9.59. The molecule has 0 saturated heterocycles. The lowest BCUT2D eigenvalue weighted by molar-refractivity contribution is -0.193. The maximum absolute atomic E-state index is 14.5. The topological polar surface area (TPSA) is 299 Å². The van der Waals surface area contributed by atoms with Crippen LogP contribution >= 0.6 is 56.6 Å². The molecule has 94 heavy (non-hydrogen) atoms. The number of carbonyl (C=O) groups excluding carboxylic acids is 2. The second-order valence-corrected chi connectivity index (χ2v) is 40.1. The van der Waals surface area contributed by atoms with Gasteiger partial charge in [0, 0.05) is 67.5 Å². The van der Waals surface area contributed by atoms with Crippen LogP contribution in [-0.2, 0) is 60.9 Å². The number of pyridine rings is 2. The number of carboxylic acids is 2. The molecule has 0 radical (unpaired) electrons. The molecular formula is C63H70Cl3F6IN12O8Si. The van der Waals surface area contributed by atoms with E-state index in [9.17, 15) is 41.0 Å². The van der Waals surface area contributed by atoms with E-state index >= 15 is 0 Å². The number of benzene rings is 2. The number of ether oxygens (including phenoxy) is 1. The molecule has 2 aromatic carbocycles. The van der Waals surface area contributed by atoms with Gasteiger partial charge in [-0.2, -0.15) is 26.3 Å². The van der Waals surface area contributed by atoms with Gasteiger partial charge in [0.25, 0.3) is 11.8 Å². The van der Waals surface area contributed by atoms with Crippen molar-refractivity contribution >= 4 is 97.8 Å². The molecule has 7 N–H and O–H groups in total. The average molecular weight is 1500 g/mol. The van der Waals surface area contributed by atoms with Crippen LogP contribution in [0.4, 0.5) is 26.3 Å². The Morgan fingerprint density at radius 1 is 0.649 bits per heavy atom. The predicted octanol–water partition coefficient (Wildman–Crippen LogP) is 11.8.